The summed E-state index contributed by atoms with van der Waals surface area (Å²) in [6.07, 6.45) is 13.3. The second kappa shape index (κ2) is 10.4. The van der Waals surface area contributed by atoms with Crippen molar-refractivity contribution in [2.24, 2.45) is 17.8 Å². The molecule has 1 heteroatoms. The van der Waals surface area contributed by atoms with Crippen LogP contribution >= 0.6 is 0 Å². The van der Waals surface area contributed by atoms with E-state index in [9.17, 15) is 0 Å². The first kappa shape index (κ1) is 28.0. The van der Waals surface area contributed by atoms with Crippen molar-refractivity contribution in [1.29, 1.82) is 0 Å². The Hall–Kier alpha value is -4.10. The zero-order valence-electron chi connectivity index (χ0n) is 27.7. The van der Waals surface area contributed by atoms with Crippen LogP contribution in [0.3, 0.4) is 0 Å². The van der Waals surface area contributed by atoms with E-state index in [2.05, 4.69) is 127 Å². The number of benzene rings is 5. The quantitative estimate of drug-likeness (QED) is 0.195. The van der Waals surface area contributed by atoms with Crippen LogP contribution in [0.1, 0.15) is 93.4 Å². The van der Waals surface area contributed by atoms with Gasteiger partial charge in [-0.25, -0.2) is 0 Å². The Morgan fingerprint density at radius 1 is 0.574 bits per heavy atom. The van der Waals surface area contributed by atoms with Gasteiger partial charge in [-0.3, -0.25) is 0 Å². The van der Waals surface area contributed by atoms with Crippen molar-refractivity contribution in [3.8, 4) is 22.3 Å². The fraction of sp³-hybridized carbons (Fsp3) is 0.348. The predicted molar refractivity (Wildman–Crippen MR) is 196 cm³/mol. The van der Waals surface area contributed by atoms with Gasteiger partial charge in [-0.1, -0.05) is 118 Å². The number of anilines is 3. The molecule has 0 aliphatic heterocycles. The maximum absolute atomic E-state index is 2.65. The standard InChI is InChI=1S/C46H45N/c1-2-31-28-32-14-12-15-33(29-31)46(32)41-22-9-7-19-37(41)39-20-13-23-43(44(39)46)47(34-16-4-3-5-17-34)35-24-25-38-36-18-6-8-21-40(36)45(42(38)30-35)26-10-11-27-45/h3-9,13,16-25,30-33H,2,10-12,14-15,26-29H2,1H3. The summed E-state index contributed by atoms with van der Waals surface area (Å²) in [7, 11) is 0. The van der Waals surface area contributed by atoms with Crippen molar-refractivity contribution in [3.63, 3.8) is 0 Å². The van der Waals surface area contributed by atoms with Gasteiger partial charge in [-0.2, -0.15) is 0 Å². The molecule has 3 saturated carbocycles. The van der Waals surface area contributed by atoms with Crippen molar-refractivity contribution in [2.75, 3.05) is 4.90 Å². The Morgan fingerprint density at radius 2 is 1.21 bits per heavy atom. The van der Waals surface area contributed by atoms with Crippen LogP contribution in [-0.4, -0.2) is 0 Å². The molecule has 2 atom stereocenters. The molecular formula is C46H45N. The first-order valence-electron chi connectivity index (χ1n) is 18.6. The molecule has 234 valence electrons. The van der Waals surface area contributed by atoms with Crippen LogP contribution in [0, 0.1) is 17.8 Å². The highest BCUT2D eigenvalue weighted by atomic mass is 15.1. The van der Waals surface area contributed by atoms with Crippen LogP contribution in [-0.2, 0) is 10.8 Å². The van der Waals surface area contributed by atoms with Gasteiger partial charge in [-0.05, 0) is 131 Å². The Labute approximate surface area is 280 Å². The molecule has 10 rings (SSSR count). The highest BCUT2D eigenvalue weighted by molar-refractivity contribution is 5.92. The number of para-hydroxylation sites is 1. The third-order valence-corrected chi connectivity index (χ3v) is 13.5. The Morgan fingerprint density at radius 3 is 1.96 bits per heavy atom. The molecule has 47 heavy (non-hydrogen) atoms. The summed E-state index contributed by atoms with van der Waals surface area (Å²) in [5.41, 5.74) is 16.4. The zero-order chi connectivity index (χ0) is 31.2. The molecule has 3 fully saturated rings. The average Bonchev–Trinajstić information content (AvgIpc) is 3.80. The summed E-state index contributed by atoms with van der Waals surface area (Å²) >= 11 is 0. The molecule has 2 bridgehead atoms. The van der Waals surface area contributed by atoms with E-state index in [0.29, 0.717) is 11.8 Å². The molecule has 0 amide bonds. The fourth-order valence-electron chi connectivity index (χ4n) is 11.8. The highest BCUT2D eigenvalue weighted by Crippen LogP contribution is 2.68. The van der Waals surface area contributed by atoms with Crippen LogP contribution in [0.15, 0.2) is 115 Å². The first-order valence-corrected chi connectivity index (χ1v) is 18.6. The second-order valence-electron chi connectivity index (χ2n) is 15.4. The molecule has 1 nitrogen and oxygen atoms in total. The van der Waals surface area contributed by atoms with Gasteiger partial charge >= 0.3 is 0 Å². The molecule has 0 heterocycles. The summed E-state index contributed by atoms with van der Waals surface area (Å²) in [5, 5.41) is 0. The third-order valence-electron chi connectivity index (χ3n) is 13.5. The van der Waals surface area contributed by atoms with Crippen LogP contribution < -0.4 is 4.90 Å². The normalized spacial score (nSPS) is 25.8. The summed E-state index contributed by atoms with van der Waals surface area (Å²) in [6, 6.07) is 44.8. The summed E-state index contributed by atoms with van der Waals surface area (Å²) in [5.74, 6) is 2.24. The van der Waals surface area contributed by atoms with E-state index in [1.807, 2.05) is 0 Å². The minimum absolute atomic E-state index is 0.0824. The minimum atomic E-state index is 0.0824. The summed E-state index contributed by atoms with van der Waals surface area (Å²) < 4.78 is 0. The molecule has 5 aliphatic rings. The van der Waals surface area contributed by atoms with Crippen LogP contribution in [0.25, 0.3) is 22.3 Å². The van der Waals surface area contributed by atoms with Gasteiger partial charge in [0.2, 0.25) is 0 Å². The Kier molecular flexibility index (Phi) is 6.22. The van der Waals surface area contributed by atoms with Crippen LogP contribution in [0.5, 0.6) is 0 Å². The smallest absolute Gasteiger partial charge is 0.0509 e. The largest absolute Gasteiger partial charge is 0.310 e. The number of hydrogen-bond acceptors (Lipinski definition) is 1. The number of rotatable bonds is 4. The van der Waals surface area contributed by atoms with Crippen molar-refractivity contribution in [2.45, 2.75) is 82.0 Å². The first-order chi connectivity index (χ1) is 23.2. The summed E-state index contributed by atoms with van der Waals surface area (Å²) in [4.78, 5) is 2.65. The zero-order valence-corrected chi connectivity index (χ0v) is 27.7. The molecule has 2 spiro atoms. The van der Waals surface area contributed by atoms with Crippen LogP contribution in [0.2, 0.25) is 0 Å². The Bertz CT molecular complexity index is 1980. The molecule has 5 aliphatic carbocycles. The van der Waals surface area contributed by atoms with E-state index in [4.69, 9.17) is 0 Å². The van der Waals surface area contributed by atoms with Gasteiger partial charge < -0.3 is 4.90 Å². The van der Waals surface area contributed by atoms with Gasteiger partial charge in [0.05, 0.1) is 5.69 Å². The molecule has 5 aromatic carbocycles. The van der Waals surface area contributed by atoms with E-state index in [-0.39, 0.29) is 10.8 Å². The molecule has 0 N–H and O–H groups in total. The molecular weight excluding hydrogens is 567 g/mol. The minimum Gasteiger partial charge on any atom is -0.310 e. The van der Waals surface area contributed by atoms with Crippen molar-refractivity contribution in [1.82, 2.24) is 0 Å². The fourth-order valence-corrected chi connectivity index (χ4v) is 11.8. The maximum Gasteiger partial charge on any atom is 0.0509 e. The van der Waals surface area contributed by atoms with Gasteiger partial charge in [0, 0.05) is 22.2 Å². The topological polar surface area (TPSA) is 3.24 Å². The number of nitrogens with zero attached hydrogens (tertiary/aromatic N) is 1. The van der Waals surface area contributed by atoms with Crippen LogP contribution in [0.4, 0.5) is 17.1 Å². The lowest BCUT2D eigenvalue weighted by Gasteiger charge is -2.55. The van der Waals surface area contributed by atoms with E-state index >= 15 is 0 Å². The molecule has 0 aromatic heterocycles. The second-order valence-corrected chi connectivity index (χ2v) is 15.4. The van der Waals surface area contributed by atoms with Crippen molar-refractivity contribution < 1.29 is 0 Å². The SMILES string of the molecule is CCC1CC2CCCC(C1)C21c2ccccc2-c2cccc(N(c3ccccc3)c3ccc4c(c3)C3(CCCC3)c3ccccc3-4)c21. The van der Waals surface area contributed by atoms with E-state index in [0.717, 1.165) is 5.92 Å². The summed E-state index contributed by atoms with van der Waals surface area (Å²) in [6.45, 7) is 2.43. The lowest BCUT2D eigenvalue weighted by molar-refractivity contribution is 0.0495. The molecule has 0 saturated heterocycles. The van der Waals surface area contributed by atoms with Crippen molar-refractivity contribution >= 4 is 17.1 Å². The van der Waals surface area contributed by atoms with Gasteiger partial charge in [-0.15, -0.1) is 0 Å². The number of fused-ring (bicyclic) bond motifs is 8. The lowest BCUT2D eigenvalue weighted by atomic mass is 9.48. The lowest BCUT2D eigenvalue weighted by Crippen LogP contribution is -2.50. The molecule has 0 radical (unpaired) electrons. The Balaban J connectivity index is 1.23. The third kappa shape index (κ3) is 3.72. The average molecular weight is 612 g/mol. The number of hydrogen-bond donors (Lipinski definition) is 0. The van der Waals surface area contributed by atoms with E-state index in [1.165, 1.54) is 104 Å². The molecule has 2 unspecified atom stereocenters. The van der Waals surface area contributed by atoms with Gasteiger partial charge in [0.25, 0.3) is 0 Å². The predicted octanol–water partition coefficient (Wildman–Crippen LogP) is 12.5. The monoisotopic (exact) mass is 611 g/mol. The highest BCUT2D eigenvalue weighted by Gasteiger charge is 2.58. The van der Waals surface area contributed by atoms with Crippen molar-refractivity contribution in [3.05, 3.63) is 138 Å². The molecule has 5 aromatic rings. The van der Waals surface area contributed by atoms with Gasteiger partial charge in [0.15, 0.2) is 0 Å². The van der Waals surface area contributed by atoms with E-state index < -0.39 is 0 Å². The maximum atomic E-state index is 2.65. The van der Waals surface area contributed by atoms with Gasteiger partial charge in [0.1, 0.15) is 0 Å². The van der Waals surface area contributed by atoms with E-state index in [1.54, 1.807) is 22.3 Å².